The van der Waals surface area contributed by atoms with Gasteiger partial charge in [-0.2, -0.15) is 5.10 Å². The molecule has 1 heterocycles. The fourth-order valence-electron chi connectivity index (χ4n) is 2.34. The summed E-state index contributed by atoms with van der Waals surface area (Å²) < 4.78 is 1.57. The summed E-state index contributed by atoms with van der Waals surface area (Å²) in [5.41, 5.74) is 2.89. The molecule has 0 aliphatic carbocycles. The fraction of sp³-hybridized carbons (Fsp3) is 0.267. The second kappa shape index (κ2) is 5.98. The minimum atomic E-state index is -1.18. The minimum absolute atomic E-state index is 0.0855. The molecule has 0 radical (unpaired) electrons. The van der Waals surface area contributed by atoms with Crippen LogP contribution in [0.25, 0.3) is 5.69 Å². The van der Waals surface area contributed by atoms with Gasteiger partial charge < -0.3 is 15.5 Å². The summed E-state index contributed by atoms with van der Waals surface area (Å²) in [6.45, 7) is 4.35. The van der Waals surface area contributed by atoms with E-state index in [2.05, 4.69) is 10.4 Å². The van der Waals surface area contributed by atoms with Crippen LogP contribution in [0.2, 0.25) is 0 Å². The van der Waals surface area contributed by atoms with Crippen LogP contribution in [0.4, 0.5) is 0 Å². The van der Waals surface area contributed by atoms with E-state index < -0.39 is 11.9 Å². The van der Waals surface area contributed by atoms with Crippen LogP contribution in [-0.2, 0) is 6.54 Å². The topological polar surface area (TPSA) is 104 Å². The monoisotopic (exact) mass is 303 g/mol. The number of aromatic carboxylic acids is 2. The molecule has 22 heavy (non-hydrogen) atoms. The number of nitrogens with zero attached hydrogens (tertiary/aromatic N) is 2. The summed E-state index contributed by atoms with van der Waals surface area (Å²) in [6, 6.07) is 3.96. The first kappa shape index (κ1) is 15.7. The smallest absolute Gasteiger partial charge is 0.335 e. The van der Waals surface area contributed by atoms with Crippen molar-refractivity contribution < 1.29 is 19.8 Å². The zero-order valence-corrected chi connectivity index (χ0v) is 12.5. The number of hydrogen-bond donors (Lipinski definition) is 3. The van der Waals surface area contributed by atoms with Gasteiger partial charge in [-0.05, 0) is 39.1 Å². The molecule has 7 nitrogen and oxygen atoms in total. The van der Waals surface area contributed by atoms with Crippen LogP contribution in [0.1, 0.15) is 37.7 Å². The number of hydrogen-bond acceptors (Lipinski definition) is 4. The molecule has 0 spiro atoms. The quantitative estimate of drug-likeness (QED) is 0.775. The molecule has 0 bridgehead atoms. The molecule has 2 aromatic rings. The highest BCUT2D eigenvalue weighted by Gasteiger charge is 2.16. The second-order valence-corrected chi connectivity index (χ2v) is 4.97. The molecule has 2 rings (SSSR count). The van der Waals surface area contributed by atoms with Gasteiger partial charge in [-0.25, -0.2) is 14.3 Å². The van der Waals surface area contributed by atoms with Crippen LogP contribution < -0.4 is 5.32 Å². The molecule has 0 aliphatic heterocycles. The third-order valence-corrected chi connectivity index (χ3v) is 3.45. The Morgan fingerprint density at radius 2 is 1.68 bits per heavy atom. The number of benzene rings is 1. The number of carbonyl (C=O) groups is 2. The van der Waals surface area contributed by atoms with E-state index >= 15 is 0 Å². The Balaban J connectivity index is 2.64. The molecule has 116 valence electrons. The van der Waals surface area contributed by atoms with Gasteiger partial charge in [0.05, 0.1) is 22.5 Å². The van der Waals surface area contributed by atoms with Crippen molar-refractivity contribution >= 4 is 11.9 Å². The summed E-state index contributed by atoms with van der Waals surface area (Å²) in [5.74, 6) is -2.36. The van der Waals surface area contributed by atoms with E-state index in [0.717, 1.165) is 23.0 Å². The third kappa shape index (κ3) is 2.84. The lowest BCUT2D eigenvalue weighted by Crippen LogP contribution is -2.09. The molecule has 0 saturated heterocycles. The van der Waals surface area contributed by atoms with E-state index in [1.54, 1.807) is 4.68 Å². The predicted molar refractivity (Wildman–Crippen MR) is 79.7 cm³/mol. The molecule has 0 saturated carbocycles. The maximum absolute atomic E-state index is 11.2. The van der Waals surface area contributed by atoms with Crippen molar-refractivity contribution in [1.29, 1.82) is 0 Å². The van der Waals surface area contributed by atoms with E-state index in [4.69, 9.17) is 10.2 Å². The van der Waals surface area contributed by atoms with E-state index in [0.29, 0.717) is 12.2 Å². The van der Waals surface area contributed by atoms with Crippen LogP contribution in [0.15, 0.2) is 18.2 Å². The van der Waals surface area contributed by atoms with Crippen molar-refractivity contribution in [3.8, 4) is 5.69 Å². The minimum Gasteiger partial charge on any atom is -0.478 e. The number of carboxylic acid groups (broad SMARTS) is 2. The van der Waals surface area contributed by atoms with Gasteiger partial charge in [0.1, 0.15) is 0 Å². The van der Waals surface area contributed by atoms with Gasteiger partial charge in [0.2, 0.25) is 0 Å². The average Bonchev–Trinajstić information content (AvgIpc) is 2.75. The van der Waals surface area contributed by atoms with E-state index in [-0.39, 0.29) is 11.1 Å². The number of carboxylic acids is 2. The molecule has 1 aromatic carbocycles. The molecule has 0 unspecified atom stereocenters. The predicted octanol–water partition coefficient (Wildman–Crippen LogP) is 1.60. The fourth-order valence-corrected chi connectivity index (χ4v) is 2.34. The van der Waals surface area contributed by atoms with Gasteiger partial charge >= 0.3 is 11.9 Å². The highest BCUT2D eigenvalue weighted by atomic mass is 16.4. The zero-order valence-electron chi connectivity index (χ0n) is 12.5. The SMILES string of the molecule is CNCc1c(C)nn(-c2cc(C(=O)O)cc(C(=O)O)c2)c1C. The molecule has 3 N–H and O–H groups in total. The summed E-state index contributed by atoms with van der Waals surface area (Å²) >= 11 is 0. The van der Waals surface area contributed by atoms with Crippen LogP contribution >= 0.6 is 0 Å². The first-order valence-corrected chi connectivity index (χ1v) is 6.67. The lowest BCUT2D eigenvalue weighted by Gasteiger charge is -2.08. The molecule has 0 aliphatic rings. The van der Waals surface area contributed by atoms with E-state index in [9.17, 15) is 9.59 Å². The molecule has 0 amide bonds. The van der Waals surface area contributed by atoms with Crippen molar-refractivity contribution in [2.45, 2.75) is 20.4 Å². The average molecular weight is 303 g/mol. The van der Waals surface area contributed by atoms with Gasteiger partial charge in [-0.15, -0.1) is 0 Å². The van der Waals surface area contributed by atoms with Crippen LogP contribution in [0, 0.1) is 13.8 Å². The number of rotatable bonds is 5. The van der Waals surface area contributed by atoms with E-state index in [1.165, 1.54) is 12.1 Å². The number of nitrogens with one attached hydrogen (secondary N) is 1. The summed E-state index contributed by atoms with van der Waals surface area (Å²) in [5, 5.41) is 25.7. The molecular formula is C15H17N3O4. The van der Waals surface area contributed by atoms with Gasteiger partial charge in [0, 0.05) is 17.8 Å². The Morgan fingerprint density at radius 3 is 2.14 bits per heavy atom. The van der Waals surface area contributed by atoms with Crippen LogP contribution in [-0.4, -0.2) is 39.0 Å². The molecular weight excluding hydrogens is 286 g/mol. The van der Waals surface area contributed by atoms with Crippen molar-refractivity contribution in [1.82, 2.24) is 15.1 Å². The lowest BCUT2D eigenvalue weighted by atomic mass is 10.1. The molecule has 0 atom stereocenters. The number of aromatic nitrogens is 2. The van der Waals surface area contributed by atoms with Crippen molar-refractivity contribution in [3.63, 3.8) is 0 Å². The highest BCUT2D eigenvalue weighted by molar-refractivity contribution is 5.94. The lowest BCUT2D eigenvalue weighted by molar-refractivity contribution is 0.0696. The van der Waals surface area contributed by atoms with Crippen molar-refractivity contribution in [3.05, 3.63) is 46.3 Å². The standard InChI is InChI=1S/C15H17N3O4/c1-8-13(7-16-3)9(2)18(17-8)12-5-10(14(19)20)4-11(6-12)15(21)22/h4-6,16H,7H2,1-3H3,(H,19,20)(H,21,22). The highest BCUT2D eigenvalue weighted by Crippen LogP contribution is 2.20. The molecule has 7 heteroatoms. The Bertz CT molecular complexity index is 717. The van der Waals surface area contributed by atoms with Gasteiger partial charge in [0.25, 0.3) is 0 Å². The third-order valence-electron chi connectivity index (χ3n) is 3.45. The summed E-state index contributed by atoms with van der Waals surface area (Å²) in [6.07, 6.45) is 0. The maximum atomic E-state index is 11.2. The normalized spacial score (nSPS) is 10.7. The van der Waals surface area contributed by atoms with Gasteiger partial charge in [-0.1, -0.05) is 0 Å². The van der Waals surface area contributed by atoms with Crippen LogP contribution in [0.5, 0.6) is 0 Å². The van der Waals surface area contributed by atoms with Crippen LogP contribution in [0.3, 0.4) is 0 Å². The van der Waals surface area contributed by atoms with E-state index in [1.807, 2.05) is 20.9 Å². The Hall–Kier alpha value is -2.67. The Kier molecular flexibility index (Phi) is 4.27. The first-order valence-electron chi connectivity index (χ1n) is 6.67. The van der Waals surface area contributed by atoms with Crippen molar-refractivity contribution in [2.75, 3.05) is 7.05 Å². The van der Waals surface area contributed by atoms with Gasteiger partial charge in [-0.3, -0.25) is 0 Å². The Labute approximate surface area is 127 Å². The Morgan fingerprint density at radius 1 is 1.14 bits per heavy atom. The van der Waals surface area contributed by atoms with Gasteiger partial charge in [0.15, 0.2) is 0 Å². The molecule has 0 fully saturated rings. The zero-order chi connectivity index (χ0) is 16.4. The summed E-state index contributed by atoms with van der Waals surface area (Å²) in [4.78, 5) is 22.4. The largest absolute Gasteiger partial charge is 0.478 e. The first-order chi connectivity index (χ1) is 10.3. The van der Waals surface area contributed by atoms with Crippen molar-refractivity contribution in [2.24, 2.45) is 0 Å². The molecule has 1 aromatic heterocycles. The summed E-state index contributed by atoms with van der Waals surface area (Å²) in [7, 11) is 1.82. The number of aryl methyl sites for hydroxylation is 1. The maximum Gasteiger partial charge on any atom is 0.335 e. The second-order valence-electron chi connectivity index (χ2n) is 4.97.